The Morgan fingerprint density at radius 1 is 0.946 bits per heavy atom. The van der Waals surface area contributed by atoms with Crippen molar-refractivity contribution in [3.8, 4) is 0 Å². The lowest BCUT2D eigenvalue weighted by molar-refractivity contribution is -0.139. The van der Waals surface area contributed by atoms with E-state index in [1.807, 2.05) is 73.7 Å². The van der Waals surface area contributed by atoms with Gasteiger partial charge in [0.05, 0.1) is 15.8 Å². The Hall–Kier alpha value is -2.47. The fraction of sp³-hybridized carbons (Fsp3) is 0.333. The van der Waals surface area contributed by atoms with E-state index in [4.69, 9.17) is 23.2 Å². The summed E-state index contributed by atoms with van der Waals surface area (Å²) in [4.78, 5) is 28.9. The standard InChI is InChI=1S/C30H34Cl2N2O2S/c1-3-4-16-33-30(36)28(18-23-11-6-5-7-12-23)34(19-25-13-9-8-10-22(25)2)29(35)21-37-20-24-14-15-26(31)27(32)17-24/h5-15,17,28H,3-4,16,18-21H2,1-2H3,(H,33,36)/t28-/m1/s1. The first-order valence-corrected chi connectivity index (χ1v) is 14.5. The molecule has 4 nitrogen and oxygen atoms in total. The molecule has 3 aromatic rings. The van der Waals surface area contributed by atoms with Crippen LogP contribution in [0.15, 0.2) is 72.8 Å². The van der Waals surface area contributed by atoms with E-state index in [1.165, 1.54) is 11.8 Å². The Morgan fingerprint density at radius 2 is 1.68 bits per heavy atom. The van der Waals surface area contributed by atoms with E-state index in [-0.39, 0.29) is 17.6 Å². The van der Waals surface area contributed by atoms with Crippen LogP contribution < -0.4 is 5.32 Å². The number of nitrogens with zero attached hydrogens (tertiary/aromatic N) is 1. The molecule has 1 N–H and O–H groups in total. The second-order valence-corrected chi connectivity index (χ2v) is 10.8. The minimum atomic E-state index is -0.614. The molecule has 2 amide bonds. The summed E-state index contributed by atoms with van der Waals surface area (Å²) in [7, 11) is 0. The van der Waals surface area contributed by atoms with Crippen molar-refractivity contribution in [2.45, 2.75) is 51.4 Å². The van der Waals surface area contributed by atoms with Crippen LogP contribution in [-0.4, -0.2) is 35.1 Å². The van der Waals surface area contributed by atoms with Gasteiger partial charge in [0.2, 0.25) is 11.8 Å². The maximum atomic E-state index is 13.7. The molecule has 0 unspecified atom stereocenters. The summed E-state index contributed by atoms with van der Waals surface area (Å²) in [5, 5.41) is 4.07. The normalized spacial score (nSPS) is 11.7. The van der Waals surface area contributed by atoms with Crippen molar-refractivity contribution in [3.63, 3.8) is 0 Å². The first kappa shape index (κ1) is 29.1. The molecule has 0 aliphatic rings. The largest absolute Gasteiger partial charge is 0.354 e. The number of thioether (sulfide) groups is 1. The third kappa shape index (κ3) is 9.10. The van der Waals surface area contributed by atoms with Gasteiger partial charge in [-0.05, 0) is 47.7 Å². The molecule has 0 fully saturated rings. The molecule has 37 heavy (non-hydrogen) atoms. The first-order valence-electron chi connectivity index (χ1n) is 12.6. The molecule has 3 aromatic carbocycles. The number of halogens is 2. The molecule has 1 atom stereocenters. The van der Waals surface area contributed by atoms with Gasteiger partial charge in [0.25, 0.3) is 0 Å². The van der Waals surface area contributed by atoms with Crippen LogP contribution >= 0.6 is 35.0 Å². The lowest BCUT2D eigenvalue weighted by Gasteiger charge is -2.32. The van der Waals surface area contributed by atoms with Crippen LogP contribution in [0.3, 0.4) is 0 Å². The van der Waals surface area contributed by atoms with E-state index in [2.05, 4.69) is 12.2 Å². The number of carbonyl (C=O) groups is 2. The molecule has 196 valence electrons. The van der Waals surface area contributed by atoms with E-state index in [0.29, 0.717) is 35.3 Å². The van der Waals surface area contributed by atoms with Crippen LogP contribution in [-0.2, 0) is 28.3 Å². The van der Waals surface area contributed by atoms with Gasteiger partial charge in [-0.25, -0.2) is 0 Å². The van der Waals surface area contributed by atoms with Gasteiger partial charge in [-0.15, -0.1) is 11.8 Å². The van der Waals surface area contributed by atoms with Crippen LogP contribution in [0.2, 0.25) is 10.0 Å². The lowest BCUT2D eigenvalue weighted by atomic mass is 10.0. The number of nitrogens with one attached hydrogen (secondary N) is 1. The van der Waals surface area contributed by atoms with Crippen LogP contribution in [0.25, 0.3) is 0 Å². The van der Waals surface area contributed by atoms with Gasteiger partial charge in [0.1, 0.15) is 6.04 Å². The highest BCUT2D eigenvalue weighted by molar-refractivity contribution is 7.99. The van der Waals surface area contributed by atoms with Crippen molar-refractivity contribution in [1.29, 1.82) is 0 Å². The summed E-state index contributed by atoms with van der Waals surface area (Å²) in [6.45, 7) is 5.09. The van der Waals surface area contributed by atoms with Crippen molar-refractivity contribution >= 4 is 46.8 Å². The van der Waals surface area contributed by atoms with E-state index < -0.39 is 6.04 Å². The second-order valence-electron chi connectivity index (χ2n) is 9.04. The van der Waals surface area contributed by atoms with E-state index in [9.17, 15) is 9.59 Å². The summed E-state index contributed by atoms with van der Waals surface area (Å²) in [5.74, 6) is 0.681. The predicted molar refractivity (Wildman–Crippen MR) is 156 cm³/mol. The average molecular weight is 558 g/mol. The maximum absolute atomic E-state index is 13.7. The number of rotatable bonds is 13. The number of unbranched alkanes of at least 4 members (excludes halogenated alkanes) is 1. The van der Waals surface area contributed by atoms with Crippen molar-refractivity contribution in [1.82, 2.24) is 10.2 Å². The second kappa shape index (κ2) is 15.1. The minimum absolute atomic E-state index is 0.0695. The topological polar surface area (TPSA) is 49.4 Å². The summed E-state index contributed by atoms with van der Waals surface area (Å²) < 4.78 is 0. The van der Waals surface area contributed by atoms with Gasteiger partial charge in [-0.1, -0.05) is 97.2 Å². The molecular weight excluding hydrogens is 523 g/mol. The molecule has 0 saturated carbocycles. The molecule has 0 aliphatic carbocycles. The van der Waals surface area contributed by atoms with Gasteiger partial charge in [-0.2, -0.15) is 0 Å². The van der Waals surface area contributed by atoms with Crippen LogP contribution in [0, 0.1) is 6.92 Å². The molecule has 0 spiro atoms. The van der Waals surface area contributed by atoms with Crippen molar-refractivity contribution in [2.75, 3.05) is 12.3 Å². The third-order valence-electron chi connectivity index (χ3n) is 6.18. The molecule has 0 bridgehead atoms. The summed E-state index contributed by atoms with van der Waals surface area (Å²) in [5.41, 5.74) is 4.14. The quantitative estimate of drug-likeness (QED) is 0.228. The van der Waals surface area contributed by atoms with Crippen molar-refractivity contribution < 1.29 is 9.59 Å². The Labute approximate surface area is 234 Å². The van der Waals surface area contributed by atoms with E-state index in [1.54, 1.807) is 11.0 Å². The molecule has 0 saturated heterocycles. The zero-order valence-electron chi connectivity index (χ0n) is 21.4. The summed E-state index contributed by atoms with van der Waals surface area (Å²) in [6, 6.07) is 22.8. The van der Waals surface area contributed by atoms with Gasteiger partial charge in [-0.3, -0.25) is 9.59 Å². The Bertz CT molecular complexity index is 1170. The van der Waals surface area contributed by atoms with Gasteiger partial charge in [0, 0.05) is 25.3 Å². The predicted octanol–water partition coefficient (Wildman–Crippen LogP) is 7.09. The third-order valence-corrected chi connectivity index (χ3v) is 7.91. The highest BCUT2D eigenvalue weighted by Gasteiger charge is 2.30. The summed E-state index contributed by atoms with van der Waals surface area (Å²) in [6.07, 6.45) is 2.34. The first-order chi connectivity index (χ1) is 17.9. The number of carbonyl (C=O) groups excluding carboxylic acids is 2. The lowest BCUT2D eigenvalue weighted by Crippen LogP contribution is -2.51. The fourth-order valence-corrected chi connectivity index (χ4v) is 5.18. The molecule has 0 heterocycles. The minimum Gasteiger partial charge on any atom is -0.354 e. The zero-order valence-corrected chi connectivity index (χ0v) is 23.7. The molecule has 0 aromatic heterocycles. The Morgan fingerprint density at radius 3 is 2.38 bits per heavy atom. The molecule has 0 radical (unpaired) electrons. The fourth-order valence-electron chi connectivity index (χ4n) is 4.00. The smallest absolute Gasteiger partial charge is 0.243 e. The summed E-state index contributed by atoms with van der Waals surface area (Å²) >= 11 is 13.7. The van der Waals surface area contributed by atoms with Crippen LogP contribution in [0.4, 0.5) is 0 Å². The van der Waals surface area contributed by atoms with Crippen molar-refractivity contribution in [3.05, 3.63) is 105 Å². The Kier molecular flexibility index (Phi) is 11.8. The maximum Gasteiger partial charge on any atom is 0.243 e. The Balaban J connectivity index is 1.83. The van der Waals surface area contributed by atoms with Gasteiger partial charge < -0.3 is 10.2 Å². The van der Waals surface area contributed by atoms with Crippen LogP contribution in [0.1, 0.15) is 42.0 Å². The van der Waals surface area contributed by atoms with Crippen LogP contribution in [0.5, 0.6) is 0 Å². The molecular formula is C30H34Cl2N2O2S. The van der Waals surface area contributed by atoms with Gasteiger partial charge in [0.15, 0.2) is 0 Å². The molecule has 7 heteroatoms. The number of hydrogen-bond donors (Lipinski definition) is 1. The average Bonchev–Trinajstić information content (AvgIpc) is 2.89. The molecule has 3 rings (SSSR count). The van der Waals surface area contributed by atoms with E-state index in [0.717, 1.165) is 35.1 Å². The highest BCUT2D eigenvalue weighted by Crippen LogP contribution is 2.25. The number of amides is 2. The zero-order chi connectivity index (χ0) is 26.6. The monoisotopic (exact) mass is 556 g/mol. The number of benzene rings is 3. The van der Waals surface area contributed by atoms with Crippen molar-refractivity contribution in [2.24, 2.45) is 0 Å². The van der Waals surface area contributed by atoms with Gasteiger partial charge >= 0.3 is 0 Å². The van der Waals surface area contributed by atoms with E-state index >= 15 is 0 Å². The number of hydrogen-bond acceptors (Lipinski definition) is 3. The highest BCUT2D eigenvalue weighted by atomic mass is 35.5. The molecule has 0 aliphatic heterocycles. The SMILES string of the molecule is CCCCNC(=O)[C@@H](Cc1ccccc1)N(Cc1ccccc1C)C(=O)CSCc1ccc(Cl)c(Cl)c1. The number of aryl methyl sites for hydroxylation is 1.